The van der Waals surface area contributed by atoms with Crippen molar-refractivity contribution in [2.45, 2.75) is 13.3 Å². The molecule has 21 heavy (non-hydrogen) atoms. The number of thiazole rings is 1. The molecule has 0 bridgehead atoms. The lowest BCUT2D eigenvalue weighted by atomic mass is 9.80. The number of rotatable bonds is 8. The molecule has 0 unspecified atom stereocenters. The Hall–Kier alpha value is -1.41. The number of hydrogen-bond acceptors (Lipinski definition) is 6. The van der Waals surface area contributed by atoms with Crippen LogP contribution in [-0.2, 0) is 11.2 Å². The molecule has 0 atom stereocenters. The summed E-state index contributed by atoms with van der Waals surface area (Å²) >= 11 is 1.64. The molecule has 1 aromatic heterocycles. The molecule has 112 valence electrons. The van der Waals surface area contributed by atoms with Crippen molar-refractivity contribution >= 4 is 23.9 Å². The molecule has 1 heterocycles. The lowest BCUT2D eigenvalue weighted by Gasteiger charge is -2.08. The van der Waals surface area contributed by atoms with E-state index >= 15 is 0 Å². The molecule has 0 amide bonds. The predicted molar refractivity (Wildman–Crippen MR) is 83.1 cm³/mol. The number of nitrogens with zero attached hydrogens (tertiary/aromatic N) is 1. The first-order valence-corrected chi connectivity index (χ1v) is 7.60. The molecule has 7 heteroatoms. The fourth-order valence-corrected chi connectivity index (χ4v) is 2.58. The summed E-state index contributed by atoms with van der Waals surface area (Å²) in [6.45, 7) is 3.55. The van der Waals surface area contributed by atoms with E-state index in [2.05, 4.69) is 4.98 Å². The molecular weight excluding hydrogens is 289 g/mol. The van der Waals surface area contributed by atoms with E-state index in [0.29, 0.717) is 31.0 Å². The zero-order valence-corrected chi connectivity index (χ0v) is 12.7. The van der Waals surface area contributed by atoms with E-state index in [0.717, 1.165) is 12.1 Å². The van der Waals surface area contributed by atoms with Crippen molar-refractivity contribution in [2.75, 3.05) is 19.8 Å². The normalized spacial score (nSPS) is 10.6. The summed E-state index contributed by atoms with van der Waals surface area (Å²) in [6, 6.07) is 6.72. The maximum absolute atomic E-state index is 9.07. The minimum atomic E-state index is -1.48. The molecule has 0 fully saturated rings. The van der Waals surface area contributed by atoms with Crippen LogP contribution in [0, 0.1) is 6.92 Å². The molecular formula is C14H18BNO4S. The van der Waals surface area contributed by atoms with Gasteiger partial charge >= 0.3 is 7.12 Å². The first-order valence-electron chi connectivity index (χ1n) is 6.72. The Morgan fingerprint density at radius 3 is 2.81 bits per heavy atom. The summed E-state index contributed by atoms with van der Waals surface area (Å²) in [6.07, 6.45) is 0.864. The van der Waals surface area contributed by atoms with Crippen LogP contribution in [-0.4, -0.2) is 42.0 Å². The molecule has 0 radical (unpaired) electrons. The van der Waals surface area contributed by atoms with E-state index in [9.17, 15) is 0 Å². The molecule has 0 saturated heterocycles. The number of hydrogen-bond donors (Lipinski definition) is 2. The van der Waals surface area contributed by atoms with E-state index < -0.39 is 7.12 Å². The van der Waals surface area contributed by atoms with E-state index in [4.69, 9.17) is 19.5 Å². The number of ether oxygens (including phenoxy) is 2. The lowest BCUT2D eigenvalue weighted by molar-refractivity contribution is 0.103. The third-order valence-electron chi connectivity index (χ3n) is 2.97. The van der Waals surface area contributed by atoms with Crippen LogP contribution in [0.1, 0.15) is 10.6 Å². The van der Waals surface area contributed by atoms with Gasteiger partial charge < -0.3 is 19.5 Å². The maximum Gasteiger partial charge on any atom is 0.488 e. The zero-order chi connectivity index (χ0) is 15.1. The Morgan fingerprint density at radius 2 is 2.10 bits per heavy atom. The Morgan fingerprint density at radius 1 is 1.24 bits per heavy atom. The second-order valence-electron chi connectivity index (χ2n) is 4.52. The van der Waals surface area contributed by atoms with Gasteiger partial charge in [0.2, 0.25) is 0 Å². The quantitative estimate of drug-likeness (QED) is 0.557. The molecule has 1 aromatic carbocycles. The predicted octanol–water partition coefficient (Wildman–Crippen LogP) is 0.769. The fourth-order valence-electron chi connectivity index (χ4n) is 1.82. The smallest absolute Gasteiger partial charge is 0.488 e. The van der Waals surface area contributed by atoms with Crippen LogP contribution in [0.5, 0.6) is 5.75 Å². The van der Waals surface area contributed by atoms with Gasteiger partial charge in [0.1, 0.15) is 12.4 Å². The van der Waals surface area contributed by atoms with Gasteiger partial charge in [0, 0.05) is 11.3 Å². The highest BCUT2D eigenvalue weighted by Gasteiger charge is 2.10. The van der Waals surface area contributed by atoms with Crippen LogP contribution in [0.3, 0.4) is 0 Å². The monoisotopic (exact) mass is 307 g/mol. The van der Waals surface area contributed by atoms with Gasteiger partial charge in [-0.25, -0.2) is 4.98 Å². The van der Waals surface area contributed by atoms with Crippen LogP contribution in [0.25, 0.3) is 0 Å². The van der Waals surface area contributed by atoms with Crippen molar-refractivity contribution in [3.05, 3.63) is 40.3 Å². The van der Waals surface area contributed by atoms with Crippen molar-refractivity contribution in [3.63, 3.8) is 0 Å². The topological polar surface area (TPSA) is 71.8 Å². The molecule has 0 aliphatic carbocycles. The number of aromatic nitrogens is 1. The molecule has 5 nitrogen and oxygen atoms in total. The summed E-state index contributed by atoms with van der Waals surface area (Å²) in [5, 5.41) is 18.1. The largest absolute Gasteiger partial charge is 0.491 e. The van der Waals surface area contributed by atoms with Gasteiger partial charge in [-0.3, -0.25) is 0 Å². The Bertz CT molecular complexity index is 561. The van der Waals surface area contributed by atoms with E-state index in [1.165, 1.54) is 4.88 Å². The summed E-state index contributed by atoms with van der Waals surface area (Å²) in [5.41, 5.74) is 3.32. The number of benzene rings is 1. The summed E-state index contributed by atoms with van der Waals surface area (Å²) in [5.74, 6) is 0.600. The molecule has 0 aliphatic heterocycles. The molecule has 2 aromatic rings. The van der Waals surface area contributed by atoms with Gasteiger partial charge in [0.05, 0.1) is 24.4 Å². The Kier molecular flexibility index (Phi) is 6.19. The van der Waals surface area contributed by atoms with Gasteiger partial charge in [-0.15, -0.1) is 11.3 Å². The summed E-state index contributed by atoms with van der Waals surface area (Å²) in [4.78, 5) is 5.44. The van der Waals surface area contributed by atoms with Crippen molar-refractivity contribution < 1.29 is 19.5 Å². The zero-order valence-electron chi connectivity index (χ0n) is 11.9. The van der Waals surface area contributed by atoms with E-state index in [-0.39, 0.29) is 0 Å². The van der Waals surface area contributed by atoms with Crippen molar-refractivity contribution in [1.82, 2.24) is 4.98 Å². The minimum absolute atomic E-state index is 0.411. The van der Waals surface area contributed by atoms with Crippen molar-refractivity contribution in [3.8, 4) is 5.75 Å². The second kappa shape index (κ2) is 8.14. The van der Waals surface area contributed by atoms with E-state index in [1.807, 2.05) is 12.4 Å². The van der Waals surface area contributed by atoms with Crippen LogP contribution in [0.2, 0.25) is 0 Å². The SMILES string of the molecule is Cc1ncsc1CCOCCOc1cccc(B(O)O)c1. The average Bonchev–Trinajstić information content (AvgIpc) is 2.88. The third-order valence-corrected chi connectivity index (χ3v) is 3.97. The molecule has 0 spiro atoms. The fraction of sp³-hybridized carbons (Fsp3) is 0.357. The third kappa shape index (κ3) is 5.13. The second-order valence-corrected chi connectivity index (χ2v) is 5.46. The molecule has 0 saturated carbocycles. The lowest BCUT2D eigenvalue weighted by Crippen LogP contribution is -2.29. The Labute approximate surface area is 128 Å². The standard InChI is InChI=1S/C14H18BNO4S/c1-11-14(21-10-16-11)5-6-19-7-8-20-13-4-2-3-12(9-13)15(17)18/h2-4,9-10,17-18H,5-8H2,1H3. The molecule has 2 rings (SSSR count). The highest BCUT2D eigenvalue weighted by atomic mass is 32.1. The van der Waals surface area contributed by atoms with Crippen LogP contribution >= 0.6 is 11.3 Å². The molecule has 0 aliphatic rings. The van der Waals surface area contributed by atoms with E-state index in [1.54, 1.807) is 35.6 Å². The minimum Gasteiger partial charge on any atom is -0.491 e. The molecule has 2 N–H and O–H groups in total. The highest BCUT2D eigenvalue weighted by Crippen LogP contribution is 2.12. The summed E-state index contributed by atoms with van der Waals surface area (Å²) < 4.78 is 11.0. The Balaban J connectivity index is 1.63. The van der Waals surface area contributed by atoms with Crippen LogP contribution < -0.4 is 10.2 Å². The van der Waals surface area contributed by atoms with Gasteiger partial charge in [-0.1, -0.05) is 12.1 Å². The first-order chi connectivity index (χ1) is 10.2. The van der Waals surface area contributed by atoms with Crippen LogP contribution in [0.15, 0.2) is 29.8 Å². The van der Waals surface area contributed by atoms with Crippen molar-refractivity contribution in [1.29, 1.82) is 0 Å². The van der Waals surface area contributed by atoms with Gasteiger partial charge in [-0.05, 0) is 24.5 Å². The number of aryl methyl sites for hydroxylation is 1. The average molecular weight is 307 g/mol. The van der Waals surface area contributed by atoms with Crippen LogP contribution in [0.4, 0.5) is 0 Å². The maximum atomic E-state index is 9.07. The van der Waals surface area contributed by atoms with Gasteiger partial charge in [0.15, 0.2) is 0 Å². The van der Waals surface area contributed by atoms with Gasteiger partial charge in [-0.2, -0.15) is 0 Å². The van der Waals surface area contributed by atoms with Crippen molar-refractivity contribution in [2.24, 2.45) is 0 Å². The first kappa shape index (κ1) is 16.0. The van der Waals surface area contributed by atoms with Gasteiger partial charge in [0.25, 0.3) is 0 Å². The highest BCUT2D eigenvalue weighted by molar-refractivity contribution is 7.09. The summed E-state index contributed by atoms with van der Waals surface area (Å²) in [7, 11) is -1.48.